The summed E-state index contributed by atoms with van der Waals surface area (Å²) in [7, 11) is 0.373. The van der Waals surface area contributed by atoms with Crippen LogP contribution < -0.4 is 5.48 Å². The molecule has 7 heteroatoms. The molecule has 0 aliphatic carbocycles. The van der Waals surface area contributed by atoms with Crippen molar-refractivity contribution in [3.63, 3.8) is 0 Å². The van der Waals surface area contributed by atoms with Crippen LogP contribution in [0.3, 0.4) is 0 Å². The Morgan fingerprint density at radius 2 is 2.63 bits per heavy atom. The molecule has 2 rings (SSSR count). The number of aromatic nitrogens is 1. The lowest BCUT2D eigenvalue weighted by atomic mass is 9.90. The lowest BCUT2D eigenvalue weighted by Gasteiger charge is -2.30. The van der Waals surface area contributed by atoms with Crippen LogP contribution >= 0.6 is 0 Å². The molecule has 0 saturated carbocycles. The van der Waals surface area contributed by atoms with Gasteiger partial charge in [-0.05, 0) is 0 Å². The first-order valence-electron chi connectivity index (χ1n) is 6.08. The minimum Gasteiger partial charge on any atom is -0.445 e. The molecular weight excluding hydrogens is 245 g/mol. The molecule has 100 valence electrons. The van der Waals surface area contributed by atoms with Gasteiger partial charge in [-0.3, -0.25) is 4.84 Å². The molecular formula is C12H16BN3O3. The van der Waals surface area contributed by atoms with Crippen molar-refractivity contribution in [2.45, 2.75) is 6.04 Å². The maximum absolute atomic E-state index is 10.7. The van der Waals surface area contributed by atoms with E-state index in [4.69, 9.17) is 9.25 Å². The predicted molar refractivity (Wildman–Crippen MR) is 73.0 cm³/mol. The Balaban J connectivity index is 2.06. The predicted octanol–water partition coefficient (Wildman–Crippen LogP) is -0.00890. The third-order valence-electron chi connectivity index (χ3n) is 2.73. The van der Waals surface area contributed by atoms with E-state index in [-0.39, 0.29) is 6.04 Å². The molecule has 1 aromatic rings. The van der Waals surface area contributed by atoms with Gasteiger partial charge >= 0.3 is 0 Å². The van der Waals surface area contributed by atoms with Crippen molar-refractivity contribution in [3.8, 4) is 0 Å². The summed E-state index contributed by atoms with van der Waals surface area (Å²) in [5.74, 6) is 0.575. The quantitative estimate of drug-likeness (QED) is 0.245. The highest BCUT2D eigenvalue weighted by atomic mass is 16.6. The van der Waals surface area contributed by atoms with Crippen LogP contribution in [0.5, 0.6) is 0 Å². The van der Waals surface area contributed by atoms with E-state index in [0.29, 0.717) is 33.0 Å². The highest BCUT2D eigenvalue weighted by Gasteiger charge is 2.23. The molecule has 19 heavy (non-hydrogen) atoms. The maximum Gasteiger partial charge on any atom is 0.281 e. The fourth-order valence-electron chi connectivity index (χ4n) is 1.98. The van der Waals surface area contributed by atoms with E-state index < -0.39 is 0 Å². The molecule has 0 saturated heterocycles. The monoisotopic (exact) mass is 261 g/mol. The smallest absolute Gasteiger partial charge is 0.281 e. The van der Waals surface area contributed by atoms with Gasteiger partial charge in [-0.25, -0.2) is 4.98 Å². The summed E-state index contributed by atoms with van der Waals surface area (Å²) >= 11 is 0. The molecule has 6 nitrogen and oxygen atoms in total. The molecule has 1 atom stereocenters. The molecule has 0 fully saturated rings. The average molecular weight is 261 g/mol. The molecule has 1 unspecified atom stereocenters. The zero-order valence-electron chi connectivity index (χ0n) is 10.6. The lowest BCUT2D eigenvalue weighted by molar-refractivity contribution is 0.0414. The molecule has 0 spiro atoms. The summed E-state index contributed by atoms with van der Waals surface area (Å²) in [5.41, 5.74) is 3.87. The van der Waals surface area contributed by atoms with Gasteiger partial charge in [-0.15, -0.1) is 6.58 Å². The Labute approximate surface area is 112 Å². The summed E-state index contributed by atoms with van der Waals surface area (Å²) in [6.07, 6.45) is 7.70. The van der Waals surface area contributed by atoms with Gasteiger partial charge in [0.1, 0.15) is 6.26 Å². The number of hydrogen-bond donors (Lipinski definition) is 1. The second kappa shape index (κ2) is 7.03. The number of carbonyl (C=O) groups excluding carboxylic acids is 1. The number of nitrogens with one attached hydrogen (secondary N) is 1. The Hall–Kier alpha value is -1.70. The summed E-state index contributed by atoms with van der Waals surface area (Å²) < 4.78 is 5.29. The molecule has 1 aliphatic heterocycles. The molecule has 2 heterocycles. The van der Waals surface area contributed by atoms with Gasteiger partial charge in [0.25, 0.3) is 7.41 Å². The molecule has 0 aromatic carbocycles. The van der Waals surface area contributed by atoms with Gasteiger partial charge in [0, 0.05) is 18.7 Å². The third kappa shape index (κ3) is 3.89. The Bertz CT molecular complexity index is 447. The van der Waals surface area contributed by atoms with Crippen molar-refractivity contribution >= 4 is 19.2 Å². The first-order chi connectivity index (χ1) is 9.33. The lowest BCUT2D eigenvalue weighted by Crippen LogP contribution is -2.46. The van der Waals surface area contributed by atoms with Gasteiger partial charge in [0.05, 0.1) is 25.0 Å². The molecule has 0 radical (unpaired) electrons. The van der Waals surface area contributed by atoms with Crippen molar-refractivity contribution in [1.82, 2.24) is 15.3 Å². The summed E-state index contributed by atoms with van der Waals surface area (Å²) in [4.78, 5) is 22.0. The fourth-order valence-corrected chi connectivity index (χ4v) is 1.98. The Kier molecular flexibility index (Phi) is 5.08. The topological polar surface area (TPSA) is 67.6 Å². The van der Waals surface area contributed by atoms with Gasteiger partial charge in [-0.2, -0.15) is 5.48 Å². The Morgan fingerprint density at radius 1 is 1.74 bits per heavy atom. The van der Waals surface area contributed by atoms with Crippen LogP contribution in [-0.4, -0.2) is 49.1 Å². The zero-order chi connectivity index (χ0) is 13.5. The first-order valence-corrected chi connectivity index (χ1v) is 6.08. The van der Waals surface area contributed by atoms with Crippen LogP contribution in [0, 0.1) is 0 Å². The van der Waals surface area contributed by atoms with Crippen LogP contribution in [-0.2, 0) is 9.63 Å². The van der Waals surface area contributed by atoms with E-state index in [0.717, 1.165) is 11.8 Å². The van der Waals surface area contributed by atoms with Gasteiger partial charge in [0.15, 0.2) is 0 Å². The van der Waals surface area contributed by atoms with Crippen LogP contribution in [0.15, 0.2) is 35.6 Å². The molecule has 1 aliphatic rings. The number of nitrogens with zero attached hydrogens (tertiary/aromatic N) is 2. The van der Waals surface area contributed by atoms with Crippen molar-refractivity contribution in [3.05, 3.63) is 37.1 Å². The van der Waals surface area contributed by atoms with E-state index in [9.17, 15) is 4.79 Å². The minimum absolute atomic E-state index is 0.0180. The summed E-state index contributed by atoms with van der Waals surface area (Å²) in [6, 6.07) is -0.0180. The second-order valence-corrected chi connectivity index (χ2v) is 4.21. The van der Waals surface area contributed by atoms with Crippen LogP contribution in [0.2, 0.25) is 0 Å². The fraction of sp³-hybridized carbons (Fsp3) is 0.333. The number of carbonyl (C=O) groups is 1. The second-order valence-electron chi connectivity index (χ2n) is 4.21. The average Bonchev–Trinajstić information content (AvgIpc) is 2.93. The number of hydrogen-bond acceptors (Lipinski definition) is 6. The molecule has 1 aromatic heterocycles. The van der Waals surface area contributed by atoms with Gasteiger partial charge < -0.3 is 14.0 Å². The number of oxazole rings is 1. The maximum atomic E-state index is 10.7. The highest BCUT2D eigenvalue weighted by Crippen LogP contribution is 2.18. The van der Waals surface area contributed by atoms with Crippen LogP contribution in [0.4, 0.5) is 0 Å². The van der Waals surface area contributed by atoms with Gasteiger partial charge in [0.2, 0.25) is 5.89 Å². The van der Waals surface area contributed by atoms with E-state index in [1.165, 1.54) is 6.26 Å². The van der Waals surface area contributed by atoms with E-state index >= 15 is 0 Å². The Morgan fingerprint density at radius 3 is 3.32 bits per heavy atom. The number of hydroxylamine groups is 1. The van der Waals surface area contributed by atoms with E-state index in [2.05, 4.69) is 17.0 Å². The van der Waals surface area contributed by atoms with Crippen LogP contribution in [0.1, 0.15) is 5.89 Å². The van der Waals surface area contributed by atoms with Crippen molar-refractivity contribution in [1.29, 1.82) is 0 Å². The number of rotatable bonds is 7. The standard InChI is InChI=1S/C12H16BN3O3/c1-2-4-19-15-11-6-10(12-14-3-5-18-12)7-16(8-11)13-9-17/h2-3,5-6,9,11,13,15H,1,4,7-8H2. The molecule has 0 bridgehead atoms. The molecule has 0 amide bonds. The summed E-state index contributed by atoms with van der Waals surface area (Å²) in [5, 5.41) is 0. The van der Waals surface area contributed by atoms with E-state index in [1.54, 1.807) is 12.3 Å². The largest absolute Gasteiger partial charge is 0.445 e. The zero-order valence-corrected chi connectivity index (χ0v) is 10.6. The van der Waals surface area contributed by atoms with Crippen LogP contribution in [0.25, 0.3) is 5.57 Å². The first kappa shape index (κ1) is 13.7. The normalized spacial score (nSPS) is 19.8. The molecule has 1 N–H and O–H groups in total. The van der Waals surface area contributed by atoms with Crippen molar-refractivity contribution < 1.29 is 14.0 Å². The SMILES string of the molecule is C=CCONC1C=C(c2ncco2)CN(BC=O)C1. The van der Waals surface area contributed by atoms with Crippen molar-refractivity contribution in [2.75, 3.05) is 19.7 Å². The van der Waals surface area contributed by atoms with E-state index in [1.807, 2.05) is 10.9 Å². The van der Waals surface area contributed by atoms with Crippen molar-refractivity contribution in [2.24, 2.45) is 0 Å². The highest BCUT2D eigenvalue weighted by molar-refractivity contribution is 6.64. The third-order valence-corrected chi connectivity index (χ3v) is 2.73. The minimum atomic E-state index is -0.0180. The summed E-state index contributed by atoms with van der Waals surface area (Å²) in [6.45, 7) is 5.34. The van der Waals surface area contributed by atoms with Gasteiger partial charge in [-0.1, -0.05) is 12.2 Å².